The number of pyridine rings is 1. The summed E-state index contributed by atoms with van der Waals surface area (Å²) < 4.78 is 0. The summed E-state index contributed by atoms with van der Waals surface area (Å²) in [6.07, 6.45) is 4.47. The number of nitrogens with one attached hydrogen (secondary N) is 1. The van der Waals surface area contributed by atoms with Crippen LogP contribution in [0, 0.1) is 13.1 Å². The Bertz CT molecular complexity index is 350. The Morgan fingerprint density at radius 3 is 3.30 bits per heavy atom. The van der Waals surface area contributed by atoms with Crippen molar-refractivity contribution >= 4 is 10.9 Å². The van der Waals surface area contributed by atoms with E-state index in [1.54, 1.807) is 6.20 Å². The molecule has 2 aromatic heterocycles. The van der Waals surface area contributed by atoms with Gasteiger partial charge in [0.25, 0.3) is 0 Å². The summed E-state index contributed by atoms with van der Waals surface area (Å²) in [5, 5.41) is 7.96. The van der Waals surface area contributed by atoms with Gasteiger partial charge in [-0.3, -0.25) is 10.1 Å². The van der Waals surface area contributed by atoms with Crippen LogP contribution in [0.1, 0.15) is 5.69 Å². The number of fused-ring (bicyclic) bond motifs is 1. The maximum atomic E-state index is 4.01. The number of H-pyrrole nitrogens is 1. The smallest absolute Gasteiger partial charge is 0.0894 e. The zero-order valence-electron chi connectivity index (χ0n) is 5.55. The van der Waals surface area contributed by atoms with E-state index >= 15 is 0 Å². The molecule has 1 radical (unpaired) electrons. The molecule has 2 heterocycles. The van der Waals surface area contributed by atoms with Crippen molar-refractivity contribution in [3.05, 3.63) is 24.2 Å². The Kier molecular flexibility index (Phi) is 0.974. The molecule has 1 N–H and O–H groups in total. The normalized spacial score (nSPS) is 10.5. The van der Waals surface area contributed by atoms with Crippen molar-refractivity contribution in [2.75, 3.05) is 0 Å². The van der Waals surface area contributed by atoms with Gasteiger partial charge in [0.1, 0.15) is 0 Å². The minimum Gasteiger partial charge on any atom is -0.276 e. The van der Waals surface area contributed by atoms with Crippen LogP contribution in [0.5, 0.6) is 0 Å². The molecule has 0 saturated carbocycles. The Labute approximate surface area is 58.1 Å². The van der Waals surface area contributed by atoms with Crippen LogP contribution in [0.15, 0.2) is 12.3 Å². The van der Waals surface area contributed by atoms with Gasteiger partial charge in [0.15, 0.2) is 0 Å². The summed E-state index contributed by atoms with van der Waals surface area (Å²) in [6, 6.07) is 1.83. The van der Waals surface area contributed by atoms with Crippen LogP contribution in [-0.4, -0.2) is 15.2 Å². The molecule has 2 aromatic rings. The Morgan fingerprint density at radius 1 is 1.60 bits per heavy atom. The monoisotopic (exact) mass is 132 g/mol. The molecule has 2 rings (SSSR count). The van der Waals surface area contributed by atoms with E-state index in [0.29, 0.717) is 0 Å². The predicted molar refractivity (Wildman–Crippen MR) is 37.5 cm³/mol. The summed E-state index contributed by atoms with van der Waals surface area (Å²) in [6.45, 7) is 1.95. The lowest BCUT2D eigenvalue weighted by molar-refractivity contribution is 1.07. The highest BCUT2D eigenvalue weighted by atomic mass is 15.1. The summed E-state index contributed by atoms with van der Waals surface area (Å²) in [5.74, 6) is 0. The summed E-state index contributed by atoms with van der Waals surface area (Å²) >= 11 is 0. The highest BCUT2D eigenvalue weighted by molar-refractivity contribution is 5.79. The lowest BCUT2D eigenvalue weighted by Gasteiger charge is -1.83. The van der Waals surface area contributed by atoms with Gasteiger partial charge in [-0.25, -0.2) is 0 Å². The highest BCUT2D eigenvalue weighted by Gasteiger charge is 1.97. The fraction of sp³-hybridized carbons (Fsp3) is 0.143. The first-order valence-corrected chi connectivity index (χ1v) is 3.05. The van der Waals surface area contributed by atoms with Crippen molar-refractivity contribution in [2.24, 2.45) is 0 Å². The third-order valence-electron chi connectivity index (χ3n) is 1.50. The molecular formula is C7H6N3. The van der Waals surface area contributed by atoms with Crippen LogP contribution in [0.4, 0.5) is 0 Å². The van der Waals surface area contributed by atoms with Gasteiger partial charge in [-0.1, -0.05) is 0 Å². The van der Waals surface area contributed by atoms with Crippen molar-refractivity contribution in [1.82, 2.24) is 15.2 Å². The van der Waals surface area contributed by atoms with E-state index in [-0.39, 0.29) is 0 Å². The summed E-state index contributed by atoms with van der Waals surface area (Å²) in [4.78, 5) is 3.83. The van der Waals surface area contributed by atoms with Crippen LogP contribution in [-0.2, 0) is 0 Å². The van der Waals surface area contributed by atoms with Crippen LogP contribution in [0.25, 0.3) is 10.9 Å². The van der Waals surface area contributed by atoms with Crippen LogP contribution in [0.2, 0.25) is 0 Å². The van der Waals surface area contributed by atoms with Crippen molar-refractivity contribution < 1.29 is 0 Å². The molecule has 0 unspecified atom stereocenters. The Morgan fingerprint density at radius 2 is 2.50 bits per heavy atom. The average Bonchev–Trinajstić information content (AvgIpc) is 2.34. The molecule has 0 aliphatic heterocycles. The minimum absolute atomic E-state index is 0.969. The lowest BCUT2D eigenvalue weighted by Crippen LogP contribution is -1.71. The molecule has 0 spiro atoms. The SMILES string of the molecule is Cc1n[nH]c2cn[c]cc12. The minimum atomic E-state index is 0.969. The van der Waals surface area contributed by atoms with Crippen molar-refractivity contribution in [3.63, 3.8) is 0 Å². The Hall–Kier alpha value is -1.38. The molecule has 0 bridgehead atoms. The van der Waals surface area contributed by atoms with Gasteiger partial charge in [0.2, 0.25) is 0 Å². The van der Waals surface area contributed by atoms with Gasteiger partial charge in [0, 0.05) is 5.39 Å². The number of aromatic amines is 1. The van der Waals surface area contributed by atoms with Gasteiger partial charge < -0.3 is 0 Å². The number of nitrogens with zero attached hydrogens (tertiary/aromatic N) is 2. The van der Waals surface area contributed by atoms with Gasteiger partial charge in [-0.05, 0) is 13.0 Å². The van der Waals surface area contributed by atoms with E-state index in [4.69, 9.17) is 0 Å². The first-order valence-electron chi connectivity index (χ1n) is 3.05. The van der Waals surface area contributed by atoms with Gasteiger partial charge in [-0.15, -0.1) is 0 Å². The molecule has 0 saturated heterocycles. The van der Waals surface area contributed by atoms with Crippen LogP contribution in [0.3, 0.4) is 0 Å². The number of hydrogen-bond donors (Lipinski definition) is 1. The molecular weight excluding hydrogens is 126 g/mol. The zero-order chi connectivity index (χ0) is 6.97. The van der Waals surface area contributed by atoms with E-state index in [2.05, 4.69) is 21.4 Å². The maximum Gasteiger partial charge on any atom is 0.0894 e. The molecule has 0 atom stereocenters. The number of hydrogen-bond acceptors (Lipinski definition) is 2. The van der Waals surface area contributed by atoms with Crippen molar-refractivity contribution in [3.8, 4) is 0 Å². The zero-order valence-corrected chi connectivity index (χ0v) is 5.55. The molecule has 0 fully saturated rings. The molecule has 0 aromatic carbocycles. The summed E-state index contributed by atoms with van der Waals surface area (Å²) in [5.41, 5.74) is 1.96. The molecule has 3 nitrogen and oxygen atoms in total. The van der Waals surface area contributed by atoms with E-state index in [9.17, 15) is 0 Å². The largest absolute Gasteiger partial charge is 0.276 e. The second-order valence-corrected chi connectivity index (χ2v) is 2.17. The van der Waals surface area contributed by atoms with Crippen LogP contribution >= 0.6 is 0 Å². The number of aromatic nitrogens is 3. The third-order valence-corrected chi connectivity index (χ3v) is 1.50. The molecule has 0 amide bonds. The van der Waals surface area contributed by atoms with E-state index in [1.165, 1.54) is 0 Å². The van der Waals surface area contributed by atoms with Crippen LogP contribution < -0.4 is 0 Å². The number of rotatable bonds is 0. The molecule has 3 heteroatoms. The van der Waals surface area contributed by atoms with Gasteiger partial charge in [0.05, 0.1) is 23.6 Å². The topological polar surface area (TPSA) is 41.6 Å². The molecule has 49 valence electrons. The van der Waals surface area contributed by atoms with Crippen molar-refractivity contribution in [1.29, 1.82) is 0 Å². The average molecular weight is 132 g/mol. The fourth-order valence-electron chi connectivity index (χ4n) is 0.944. The van der Waals surface area contributed by atoms with Crippen molar-refractivity contribution in [2.45, 2.75) is 6.92 Å². The second kappa shape index (κ2) is 1.80. The predicted octanol–water partition coefficient (Wildman–Crippen LogP) is 1.07. The molecule has 0 aliphatic carbocycles. The number of aryl methyl sites for hydroxylation is 1. The Balaban J connectivity index is 2.93. The second-order valence-electron chi connectivity index (χ2n) is 2.17. The quantitative estimate of drug-likeness (QED) is 0.582. The fourth-order valence-corrected chi connectivity index (χ4v) is 0.944. The summed E-state index contributed by atoms with van der Waals surface area (Å²) in [7, 11) is 0. The van der Waals surface area contributed by atoms with E-state index < -0.39 is 0 Å². The van der Waals surface area contributed by atoms with E-state index in [0.717, 1.165) is 16.6 Å². The van der Waals surface area contributed by atoms with E-state index in [1.807, 2.05) is 13.0 Å². The standard InChI is InChI=1S/C7H6N3/c1-5-6-2-3-8-4-7(6)10-9-5/h2,4H,1H3,(H,9,10). The first kappa shape index (κ1) is 5.41. The highest BCUT2D eigenvalue weighted by Crippen LogP contribution is 2.10. The van der Waals surface area contributed by atoms with Gasteiger partial charge in [-0.2, -0.15) is 5.10 Å². The maximum absolute atomic E-state index is 4.01. The lowest BCUT2D eigenvalue weighted by atomic mass is 10.3. The van der Waals surface area contributed by atoms with Gasteiger partial charge >= 0.3 is 0 Å². The first-order chi connectivity index (χ1) is 4.88. The molecule has 10 heavy (non-hydrogen) atoms. The molecule has 0 aliphatic rings. The third kappa shape index (κ3) is 0.603.